The molecule has 0 aromatic heterocycles. The molecular weight excluding hydrogens is 206 g/mol. The Balaban J connectivity index is 2.12. The Morgan fingerprint density at radius 3 is 2.65 bits per heavy atom. The van der Waals surface area contributed by atoms with Gasteiger partial charge in [-0.3, -0.25) is 0 Å². The maximum Gasteiger partial charge on any atom is 0.0326 e. The van der Waals surface area contributed by atoms with E-state index in [1.807, 2.05) is 0 Å². The Kier molecular flexibility index (Phi) is 3.88. The van der Waals surface area contributed by atoms with Crippen LogP contribution in [-0.2, 0) is 0 Å². The number of benzene rings is 1. The highest BCUT2D eigenvalue weighted by molar-refractivity contribution is 5.33. The summed E-state index contributed by atoms with van der Waals surface area (Å²) in [5, 5.41) is 0. The van der Waals surface area contributed by atoms with E-state index >= 15 is 0 Å². The molecule has 1 heteroatoms. The van der Waals surface area contributed by atoms with Crippen molar-refractivity contribution in [3.05, 3.63) is 34.9 Å². The lowest BCUT2D eigenvalue weighted by Crippen LogP contribution is -2.20. The van der Waals surface area contributed by atoms with E-state index in [1.54, 1.807) is 0 Å². The third-order valence-electron chi connectivity index (χ3n) is 4.45. The Labute approximate surface area is 105 Å². The molecule has 0 amide bonds. The van der Waals surface area contributed by atoms with E-state index < -0.39 is 0 Å². The van der Waals surface area contributed by atoms with Crippen LogP contribution in [-0.4, -0.2) is 0 Å². The minimum atomic E-state index is 0.243. The van der Waals surface area contributed by atoms with Crippen LogP contribution in [0, 0.1) is 25.7 Å². The molecule has 1 aromatic rings. The molecule has 0 bridgehead atoms. The van der Waals surface area contributed by atoms with Crippen molar-refractivity contribution in [1.82, 2.24) is 0 Å². The highest BCUT2D eigenvalue weighted by atomic mass is 14.7. The molecule has 1 fully saturated rings. The summed E-state index contributed by atoms with van der Waals surface area (Å²) in [4.78, 5) is 0. The van der Waals surface area contributed by atoms with E-state index in [2.05, 4.69) is 39.0 Å². The van der Waals surface area contributed by atoms with Gasteiger partial charge in [-0.2, -0.15) is 0 Å². The van der Waals surface area contributed by atoms with Gasteiger partial charge in [0.15, 0.2) is 0 Å². The summed E-state index contributed by atoms with van der Waals surface area (Å²) in [7, 11) is 0. The van der Waals surface area contributed by atoms with Gasteiger partial charge < -0.3 is 5.73 Å². The van der Waals surface area contributed by atoms with Crippen LogP contribution in [0.5, 0.6) is 0 Å². The summed E-state index contributed by atoms with van der Waals surface area (Å²) < 4.78 is 0. The number of hydrogen-bond acceptors (Lipinski definition) is 1. The van der Waals surface area contributed by atoms with E-state index in [0.29, 0.717) is 5.92 Å². The molecule has 1 nitrogen and oxygen atoms in total. The van der Waals surface area contributed by atoms with E-state index in [1.165, 1.54) is 42.4 Å². The first kappa shape index (κ1) is 12.6. The third-order valence-corrected chi connectivity index (χ3v) is 4.45. The van der Waals surface area contributed by atoms with Gasteiger partial charge in [-0.05, 0) is 49.7 Å². The van der Waals surface area contributed by atoms with Gasteiger partial charge in [0, 0.05) is 6.04 Å². The number of rotatable bonds is 3. The zero-order chi connectivity index (χ0) is 12.4. The van der Waals surface area contributed by atoms with Crippen LogP contribution < -0.4 is 5.73 Å². The Morgan fingerprint density at radius 2 is 2.06 bits per heavy atom. The molecule has 94 valence electrons. The van der Waals surface area contributed by atoms with Gasteiger partial charge in [-0.25, -0.2) is 0 Å². The van der Waals surface area contributed by atoms with E-state index in [0.717, 1.165) is 5.92 Å². The van der Waals surface area contributed by atoms with Gasteiger partial charge in [0.2, 0.25) is 0 Å². The summed E-state index contributed by atoms with van der Waals surface area (Å²) in [6, 6.07) is 6.91. The Bertz CT molecular complexity index is 383. The Hall–Kier alpha value is -0.820. The number of hydrogen-bond donors (Lipinski definition) is 1. The fourth-order valence-corrected chi connectivity index (χ4v) is 3.26. The van der Waals surface area contributed by atoms with Crippen LogP contribution in [0.4, 0.5) is 0 Å². The summed E-state index contributed by atoms with van der Waals surface area (Å²) >= 11 is 0. The molecule has 1 aliphatic rings. The first-order valence-corrected chi connectivity index (χ1v) is 6.94. The predicted octanol–water partition coefficient (Wildman–Crippen LogP) is 4.13. The minimum Gasteiger partial charge on any atom is -0.324 e. The normalized spacial score (nSPS) is 26.1. The van der Waals surface area contributed by atoms with Crippen molar-refractivity contribution >= 4 is 0 Å². The fourth-order valence-electron chi connectivity index (χ4n) is 3.26. The van der Waals surface area contributed by atoms with Gasteiger partial charge in [-0.1, -0.05) is 43.5 Å². The second-order valence-corrected chi connectivity index (χ2v) is 5.73. The quantitative estimate of drug-likeness (QED) is 0.831. The van der Waals surface area contributed by atoms with Gasteiger partial charge >= 0.3 is 0 Å². The van der Waals surface area contributed by atoms with Crippen LogP contribution in [0.15, 0.2) is 18.2 Å². The maximum absolute atomic E-state index is 6.47. The van der Waals surface area contributed by atoms with Crippen LogP contribution >= 0.6 is 0 Å². The first-order chi connectivity index (χ1) is 8.11. The summed E-state index contributed by atoms with van der Waals surface area (Å²) in [6.07, 6.45) is 5.33. The monoisotopic (exact) mass is 231 g/mol. The molecule has 1 saturated carbocycles. The smallest absolute Gasteiger partial charge is 0.0326 e. The fraction of sp³-hybridized carbons (Fsp3) is 0.625. The molecule has 0 saturated heterocycles. The maximum atomic E-state index is 6.47. The summed E-state index contributed by atoms with van der Waals surface area (Å²) in [5.74, 6) is 1.61. The lowest BCUT2D eigenvalue weighted by molar-refractivity contribution is 0.415. The molecule has 2 N–H and O–H groups in total. The second-order valence-electron chi connectivity index (χ2n) is 5.73. The lowest BCUT2D eigenvalue weighted by Gasteiger charge is -2.22. The number of aryl methyl sites for hydroxylation is 2. The summed E-state index contributed by atoms with van der Waals surface area (Å²) in [5.41, 5.74) is 10.5. The largest absolute Gasteiger partial charge is 0.324 e. The zero-order valence-corrected chi connectivity index (χ0v) is 11.4. The molecule has 1 aliphatic carbocycles. The molecule has 2 rings (SSSR count). The molecule has 3 unspecified atom stereocenters. The van der Waals surface area contributed by atoms with E-state index in [9.17, 15) is 0 Å². The van der Waals surface area contributed by atoms with Crippen molar-refractivity contribution in [3.8, 4) is 0 Å². The van der Waals surface area contributed by atoms with Gasteiger partial charge in [-0.15, -0.1) is 0 Å². The molecule has 0 aliphatic heterocycles. The van der Waals surface area contributed by atoms with Crippen molar-refractivity contribution in [1.29, 1.82) is 0 Å². The molecule has 0 heterocycles. The lowest BCUT2D eigenvalue weighted by atomic mass is 9.88. The molecule has 0 spiro atoms. The van der Waals surface area contributed by atoms with Crippen LogP contribution in [0.1, 0.15) is 55.3 Å². The average Bonchev–Trinajstić information content (AvgIpc) is 2.76. The Morgan fingerprint density at radius 1 is 1.29 bits per heavy atom. The van der Waals surface area contributed by atoms with Gasteiger partial charge in [0.25, 0.3) is 0 Å². The molecular formula is C16H25N. The van der Waals surface area contributed by atoms with Crippen molar-refractivity contribution < 1.29 is 0 Å². The zero-order valence-electron chi connectivity index (χ0n) is 11.4. The highest BCUT2D eigenvalue weighted by Gasteiger charge is 2.29. The van der Waals surface area contributed by atoms with Crippen LogP contribution in [0.3, 0.4) is 0 Å². The third kappa shape index (κ3) is 2.71. The van der Waals surface area contributed by atoms with Crippen molar-refractivity contribution in [2.24, 2.45) is 17.6 Å². The van der Waals surface area contributed by atoms with Gasteiger partial charge in [0.05, 0.1) is 0 Å². The molecule has 17 heavy (non-hydrogen) atoms. The van der Waals surface area contributed by atoms with E-state index in [-0.39, 0.29) is 6.04 Å². The van der Waals surface area contributed by atoms with Crippen molar-refractivity contribution in [2.45, 2.75) is 52.5 Å². The summed E-state index contributed by atoms with van der Waals surface area (Å²) in [6.45, 7) is 6.63. The standard InChI is InChI=1S/C16H25N/c1-4-13-6-7-14(10-13)16(17)15-8-5-11(2)9-12(15)3/h5,8-9,13-14,16H,4,6-7,10,17H2,1-3H3. The number of nitrogens with two attached hydrogens (primary N) is 1. The van der Waals surface area contributed by atoms with Crippen molar-refractivity contribution in [3.63, 3.8) is 0 Å². The SMILES string of the molecule is CCC1CCC(C(N)c2ccc(C)cc2C)C1. The molecule has 0 radical (unpaired) electrons. The highest BCUT2D eigenvalue weighted by Crippen LogP contribution is 2.39. The predicted molar refractivity (Wildman–Crippen MR) is 74.0 cm³/mol. The topological polar surface area (TPSA) is 26.0 Å². The molecule has 1 aromatic carbocycles. The minimum absolute atomic E-state index is 0.243. The van der Waals surface area contributed by atoms with Crippen LogP contribution in [0.2, 0.25) is 0 Å². The second kappa shape index (κ2) is 5.22. The molecule has 3 atom stereocenters. The first-order valence-electron chi connectivity index (χ1n) is 6.94. The van der Waals surface area contributed by atoms with Crippen LogP contribution in [0.25, 0.3) is 0 Å². The van der Waals surface area contributed by atoms with Crippen molar-refractivity contribution in [2.75, 3.05) is 0 Å². The van der Waals surface area contributed by atoms with Gasteiger partial charge in [0.1, 0.15) is 0 Å². The average molecular weight is 231 g/mol. The van der Waals surface area contributed by atoms with E-state index in [4.69, 9.17) is 5.73 Å².